The summed E-state index contributed by atoms with van der Waals surface area (Å²) in [4.78, 5) is 11.5. The van der Waals surface area contributed by atoms with E-state index in [1.54, 1.807) is 0 Å². The second-order valence-corrected chi connectivity index (χ2v) is 4.46. The van der Waals surface area contributed by atoms with Crippen LogP contribution in [0.25, 0.3) is 0 Å². The molecule has 0 radical (unpaired) electrons. The Bertz CT molecular complexity index is 435. The van der Waals surface area contributed by atoms with Gasteiger partial charge in [0, 0.05) is 0 Å². The first-order chi connectivity index (χ1) is 9.79. The molecule has 0 aliphatic carbocycles. The second-order valence-electron chi connectivity index (χ2n) is 4.46. The SMILES string of the molecule is C=CCOC(=O)NC1CCOC1OCc1ccccc1. The minimum atomic E-state index is -0.478. The minimum Gasteiger partial charge on any atom is -0.445 e. The maximum absolute atomic E-state index is 11.5. The van der Waals surface area contributed by atoms with E-state index in [1.807, 2.05) is 30.3 Å². The van der Waals surface area contributed by atoms with E-state index in [1.165, 1.54) is 6.08 Å². The van der Waals surface area contributed by atoms with Crippen LogP contribution in [-0.2, 0) is 20.8 Å². The first kappa shape index (κ1) is 14.6. The third kappa shape index (κ3) is 4.36. The molecule has 108 valence electrons. The quantitative estimate of drug-likeness (QED) is 0.810. The van der Waals surface area contributed by atoms with Gasteiger partial charge >= 0.3 is 6.09 Å². The Morgan fingerprint density at radius 1 is 1.45 bits per heavy atom. The van der Waals surface area contributed by atoms with Gasteiger partial charge in [-0.25, -0.2) is 4.79 Å². The summed E-state index contributed by atoms with van der Waals surface area (Å²) in [6.45, 7) is 4.69. The lowest BCUT2D eigenvalue weighted by Crippen LogP contribution is -2.41. The van der Waals surface area contributed by atoms with E-state index in [4.69, 9.17) is 14.2 Å². The molecular weight excluding hydrogens is 258 g/mol. The number of carbonyl (C=O) groups is 1. The van der Waals surface area contributed by atoms with Crippen LogP contribution in [0.4, 0.5) is 4.79 Å². The van der Waals surface area contributed by atoms with Crippen molar-refractivity contribution >= 4 is 6.09 Å². The second kappa shape index (κ2) is 7.67. The molecule has 1 amide bonds. The molecular formula is C15H19NO4. The largest absolute Gasteiger partial charge is 0.445 e. The summed E-state index contributed by atoms with van der Waals surface area (Å²) in [5.41, 5.74) is 1.07. The van der Waals surface area contributed by atoms with Crippen LogP contribution >= 0.6 is 0 Å². The molecule has 20 heavy (non-hydrogen) atoms. The molecule has 5 nitrogen and oxygen atoms in total. The standard InChI is InChI=1S/C15H19NO4/c1-2-9-19-15(17)16-13-8-10-18-14(13)20-11-12-6-4-3-5-7-12/h2-7,13-14H,1,8-11H2,(H,16,17). The fraction of sp³-hybridized carbons (Fsp3) is 0.400. The topological polar surface area (TPSA) is 56.8 Å². The van der Waals surface area contributed by atoms with Crippen molar-refractivity contribution in [1.82, 2.24) is 5.32 Å². The number of hydrogen-bond acceptors (Lipinski definition) is 4. The zero-order chi connectivity index (χ0) is 14.2. The van der Waals surface area contributed by atoms with Crippen molar-refractivity contribution < 1.29 is 19.0 Å². The fourth-order valence-electron chi connectivity index (χ4n) is 1.95. The normalized spacial score (nSPS) is 21.4. The summed E-state index contributed by atoms with van der Waals surface area (Å²) < 4.78 is 16.1. The molecule has 0 bridgehead atoms. The number of benzene rings is 1. The Kier molecular flexibility index (Phi) is 5.58. The third-order valence-electron chi connectivity index (χ3n) is 2.93. The molecule has 1 fully saturated rings. The molecule has 1 aliphatic rings. The molecule has 2 atom stereocenters. The minimum absolute atomic E-state index is 0.184. The Morgan fingerprint density at radius 2 is 2.25 bits per heavy atom. The van der Waals surface area contributed by atoms with Gasteiger partial charge in [0.2, 0.25) is 0 Å². The van der Waals surface area contributed by atoms with Gasteiger partial charge in [-0.1, -0.05) is 43.0 Å². The number of amides is 1. The summed E-state index contributed by atoms with van der Waals surface area (Å²) in [5.74, 6) is 0. The molecule has 0 aromatic heterocycles. The van der Waals surface area contributed by atoms with Gasteiger partial charge < -0.3 is 19.5 Å². The molecule has 1 aliphatic heterocycles. The first-order valence-corrected chi connectivity index (χ1v) is 6.61. The van der Waals surface area contributed by atoms with Crippen LogP contribution in [0.2, 0.25) is 0 Å². The number of ether oxygens (including phenoxy) is 3. The van der Waals surface area contributed by atoms with Gasteiger partial charge in [-0.15, -0.1) is 0 Å². The smallest absolute Gasteiger partial charge is 0.407 e. The molecule has 5 heteroatoms. The first-order valence-electron chi connectivity index (χ1n) is 6.61. The Labute approximate surface area is 118 Å². The molecule has 2 unspecified atom stereocenters. The zero-order valence-electron chi connectivity index (χ0n) is 11.3. The highest BCUT2D eigenvalue weighted by atomic mass is 16.7. The Morgan fingerprint density at radius 3 is 3.00 bits per heavy atom. The third-order valence-corrected chi connectivity index (χ3v) is 2.93. The van der Waals surface area contributed by atoms with Gasteiger partial charge in [-0.3, -0.25) is 0 Å². The van der Waals surface area contributed by atoms with Crippen molar-refractivity contribution in [2.75, 3.05) is 13.2 Å². The zero-order valence-corrected chi connectivity index (χ0v) is 11.3. The van der Waals surface area contributed by atoms with Crippen LogP contribution in [0.15, 0.2) is 43.0 Å². The van der Waals surface area contributed by atoms with Crippen molar-refractivity contribution in [3.05, 3.63) is 48.6 Å². The van der Waals surface area contributed by atoms with Crippen molar-refractivity contribution in [3.63, 3.8) is 0 Å². The lowest BCUT2D eigenvalue weighted by molar-refractivity contribution is -0.128. The highest BCUT2D eigenvalue weighted by molar-refractivity contribution is 5.67. The summed E-state index contributed by atoms with van der Waals surface area (Å²) in [5, 5.41) is 2.74. The maximum atomic E-state index is 11.5. The van der Waals surface area contributed by atoms with E-state index < -0.39 is 12.4 Å². The van der Waals surface area contributed by atoms with Gasteiger partial charge in [0.1, 0.15) is 6.61 Å². The van der Waals surface area contributed by atoms with Crippen LogP contribution in [0.1, 0.15) is 12.0 Å². The summed E-state index contributed by atoms with van der Waals surface area (Å²) >= 11 is 0. The molecule has 1 N–H and O–H groups in total. The lowest BCUT2D eigenvalue weighted by atomic mass is 10.2. The molecule has 0 saturated carbocycles. The molecule has 0 spiro atoms. The average Bonchev–Trinajstić information content (AvgIpc) is 2.91. The van der Waals surface area contributed by atoms with E-state index in [0.29, 0.717) is 19.6 Å². The van der Waals surface area contributed by atoms with Gasteiger partial charge in [0.15, 0.2) is 6.29 Å². The molecule has 1 heterocycles. The van der Waals surface area contributed by atoms with Crippen LogP contribution in [0.5, 0.6) is 0 Å². The number of hydrogen-bond donors (Lipinski definition) is 1. The van der Waals surface area contributed by atoms with Crippen molar-refractivity contribution in [2.24, 2.45) is 0 Å². The van der Waals surface area contributed by atoms with E-state index in [9.17, 15) is 4.79 Å². The maximum Gasteiger partial charge on any atom is 0.407 e. The van der Waals surface area contributed by atoms with E-state index in [-0.39, 0.29) is 12.6 Å². The summed E-state index contributed by atoms with van der Waals surface area (Å²) in [6.07, 6.45) is 1.32. The van der Waals surface area contributed by atoms with Crippen LogP contribution in [-0.4, -0.2) is 31.6 Å². The van der Waals surface area contributed by atoms with Crippen LogP contribution < -0.4 is 5.32 Å². The highest BCUT2D eigenvalue weighted by Crippen LogP contribution is 2.16. The molecule has 1 aromatic rings. The van der Waals surface area contributed by atoms with Gasteiger partial charge in [-0.2, -0.15) is 0 Å². The lowest BCUT2D eigenvalue weighted by Gasteiger charge is -2.19. The number of nitrogens with one attached hydrogen (secondary N) is 1. The van der Waals surface area contributed by atoms with Crippen LogP contribution in [0.3, 0.4) is 0 Å². The van der Waals surface area contributed by atoms with Gasteiger partial charge in [0.25, 0.3) is 0 Å². The fourth-order valence-corrected chi connectivity index (χ4v) is 1.95. The molecule has 2 rings (SSSR count). The molecule has 1 aromatic carbocycles. The van der Waals surface area contributed by atoms with Crippen LogP contribution in [0, 0.1) is 0 Å². The van der Waals surface area contributed by atoms with E-state index in [0.717, 1.165) is 5.56 Å². The molecule has 1 saturated heterocycles. The van der Waals surface area contributed by atoms with Crippen molar-refractivity contribution in [3.8, 4) is 0 Å². The van der Waals surface area contributed by atoms with Gasteiger partial charge in [0.05, 0.1) is 19.3 Å². The van der Waals surface area contributed by atoms with Gasteiger partial charge in [-0.05, 0) is 12.0 Å². The summed E-state index contributed by atoms with van der Waals surface area (Å²) in [7, 11) is 0. The summed E-state index contributed by atoms with van der Waals surface area (Å²) in [6, 6.07) is 9.64. The van der Waals surface area contributed by atoms with Crippen molar-refractivity contribution in [1.29, 1.82) is 0 Å². The number of alkyl carbamates (subject to hydrolysis) is 1. The van der Waals surface area contributed by atoms with E-state index >= 15 is 0 Å². The predicted octanol–water partition coefficient (Wildman–Crippen LogP) is 2.23. The Balaban J connectivity index is 1.78. The van der Waals surface area contributed by atoms with Crippen molar-refractivity contribution in [2.45, 2.75) is 25.4 Å². The predicted molar refractivity (Wildman–Crippen MR) is 74.1 cm³/mol. The highest BCUT2D eigenvalue weighted by Gasteiger charge is 2.30. The monoisotopic (exact) mass is 277 g/mol. The Hall–Kier alpha value is -1.85. The number of carbonyl (C=O) groups excluding carboxylic acids is 1. The van der Waals surface area contributed by atoms with E-state index in [2.05, 4.69) is 11.9 Å². The number of rotatable bonds is 6. The average molecular weight is 277 g/mol.